The van der Waals surface area contributed by atoms with Crippen LogP contribution in [-0.2, 0) is 19.6 Å². The molecule has 1 aromatic carbocycles. The van der Waals surface area contributed by atoms with E-state index < -0.39 is 10.0 Å². The minimum atomic E-state index is -4.01. The molecule has 0 radical (unpaired) electrons. The largest absolute Gasteiger partial charge is 0.378 e. The molecule has 2 heterocycles. The normalized spacial score (nSPS) is 15.4. The highest BCUT2D eigenvalue weighted by atomic mass is 32.2. The van der Waals surface area contributed by atoms with Crippen molar-refractivity contribution in [2.75, 3.05) is 26.3 Å². The predicted molar refractivity (Wildman–Crippen MR) is 125 cm³/mol. The number of benzene rings is 1. The molecule has 3 rings (SSSR count). The van der Waals surface area contributed by atoms with Crippen LogP contribution in [-0.4, -0.2) is 55.5 Å². The van der Waals surface area contributed by atoms with Crippen LogP contribution in [0, 0.1) is 0 Å². The lowest BCUT2D eigenvalue weighted by atomic mass is 10.2. The molecule has 2 aromatic rings. The van der Waals surface area contributed by atoms with Gasteiger partial charge < -0.3 is 9.64 Å². The molecule has 1 fully saturated rings. The minimum Gasteiger partial charge on any atom is -0.378 e. The third kappa shape index (κ3) is 6.73. The number of para-hydroxylation sites is 1. The van der Waals surface area contributed by atoms with E-state index in [1.165, 1.54) is 24.5 Å². The second kappa shape index (κ2) is 12.1. The number of hydrogen-bond acceptors (Lipinski definition) is 6. The minimum absolute atomic E-state index is 0.00471. The summed E-state index contributed by atoms with van der Waals surface area (Å²) in [5.41, 5.74) is 1.69. The average molecular weight is 459 g/mol. The van der Waals surface area contributed by atoms with Crippen LogP contribution in [0.1, 0.15) is 27.7 Å². The molecule has 0 unspecified atom stereocenters. The lowest BCUT2D eigenvalue weighted by molar-refractivity contribution is -0.130. The quantitative estimate of drug-likeness (QED) is 0.527. The third-order valence-electron chi connectivity index (χ3n) is 4.42. The molecular formula is C23H30N4O4S. The van der Waals surface area contributed by atoms with Gasteiger partial charge in [-0.25, -0.2) is 8.42 Å². The molecule has 0 saturated carbocycles. The van der Waals surface area contributed by atoms with Gasteiger partial charge in [-0.15, -0.1) is 0 Å². The summed E-state index contributed by atoms with van der Waals surface area (Å²) in [5, 5.41) is 0. The highest BCUT2D eigenvalue weighted by Gasteiger charge is 2.21. The van der Waals surface area contributed by atoms with Gasteiger partial charge >= 0.3 is 0 Å². The maximum atomic E-state index is 13.1. The molecule has 1 saturated heterocycles. The molecule has 1 aliphatic rings. The van der Waals surface area contributed by atoms with Crippen LogP contribution in [0.3, 0.4) is 0 Å². The van der Waals surface area contributed by atoms with Gasteiger partial charge in [0.05, 0.1) is 24.4 Å². The van der Waals surface area contributed by atoms with Gasteiger partial charge in [0.25, 0.3) is 10.0 Å². The Hall–Kier alpha value is -3.04. The SMILES string of the molecule is CC.C\C=C/C(C)=C\C(=C\C(=O)N1CCOCC1)NS(=O)(=O)c1cccc2nccnc12. The lowest BCUT2D eigenvalue weighted by Crippen LogP contribution is -2.40. The summed E-state index contributed by atoms with van der Waals surface area (Å²) >= 11 is 0. The van der Waals surface area contributed by atoms with Crippen molar-refractivity contribution in [3.63, 3.8) is 0 Å². The van der Waals surface area contributed by atoms with Crippen molar-refractivity contribution in [1.29, 1.82) is 0 Å². The molecule has 0 atom stereocenters. The number of carbonyl (C=O) groups is 1. The number of hydrogen-bond donors (Lipinski definition) is 1. The smallest absolute Gasteiger partial charge is 0.264 e. The fourth-order valence-corrected chi connectivity index (χ4v) is 4.27. The van der Waals surface area contributed by atoms with Crippen LogP contribution >= 0.6 is 0 Å². The lowest BCUT2D eigenvalue weighted by Gasteiger charge is -2.26. The van der Waals surface area contributed by atoms with Gasteiger partial charge in [0.2, 0.25) is 5.91 Å². The second-order valence-electron chi connectivity index (χ2n) is 6.71. The van der Waals surface area contributed by atoms with E-state index in [9.17, 15) is 13.2 Å². The Morgan fingerprint density at radius 1 is 1.12 bits per heavy atom. The van der Waals surface area contributed by atoms with Crippen molar-refractivity contribution in [2.24, 2.45) is 0 Å². The van der Waals surface area contributed by atoms with E-state index in [0.29, 0.717) is 31.8 Å². The number of nitrogens with zero attached hydrogens (tertiary/aromatic N) is 3. The highest BCUT2D eigenvalue weighted by Crippen LogP contribution is 2.20. The van der Waals surface area contributed by atoms with Crippen LogP contribution in [0.25, 0.3) is 11.0 Å². The van der Waals surface area contributed by atoms with Gasteiger partial charge in [0.1, 0.15) is 10.4 Å². The van der Waals surface area contributed by atoms with Crippen molar-refractivity contribution < 1.29 is 17.9 Å². The molecule has 0 bridgehead atoms. The Morgan fingerprint density at radius 2 is 1.81 bits per heavy atom. The molecule has 9 heteroatoms. The molecule has 8 nitrogen and oxygen atoms in total. The van der Waals surface area contributed by atoms with Crippen molar-refractivity contribution in [3.05, 3.63) is 66.2 Å². The number of amides is 1. The number of sulfonamides is 1. The van der Waals surface area contributed by atoms with Crippen molar-refractivity contribution in [3.8, 4) is 0 Å². The highest BCUT2D eigenvalue weighted by molar-refractivity contribution is 7.89. The van der Waals surface area contributed by atoms with Gasteiger partial charge in [-0.3, -0.25) is 19.5 Å². The molecule has 0 aliphatic carbocycles. The molecule has 32 heavy (non-hydrogen) atoms. The monoisotopic (exact) mass is 458 g/mol. The van der Waals surface area contributed by atoms with E-state index in [4.69, 9.17) is 4.74 Å². The molecule has 1 aromatic heterocycles. The first-order chi connectivity index (χ1) is 15.4. The Kier molecular flexibility index (Phi) is 9.55. The Bertz CT molecular complexity index is 1110. The summed E-state index contributed by atoms with van der Waals surface area (Å²) in [6.07, 6.45) is 9.52. The Balaban J connectivity index is 0.00000176. The number of carbonyl (C=O) groups excluding carboxylic acids is 1. The molecular weight excluding hydrogens is 428 g/mol. The van der Waals surface area contributed by atoms with E-state index in [1.807, 2.05) is 39.8 Å². The van der Waals surface area contributed by atoms with E-state index in [1.54, 1.807) is 23.1 Å². The maximum Gasteiger partial charge on any atom is 0.264 e. The zero-order valence-electron chi connectivity index (χ0n) is 18.9. The first kappa shape index (κ1) is 25.2. The van der Waals surface area contributed by atoms with Gasteiger partial charge in [0.15, 0.2) is 0 Å². The standard InChI is InChI=1S/C21H24N4O4S.C2H6/c1-3-5-16(2)14-17(15-20(26)25-10-12-29-13-11-25)24-30(27,28)19-7-4-6-18-21(19)23-9-8-22-18;1-2/h3-9,14-15,24H,10-13H2,1-2H3;1-2H3/b5-3-,16-14-,17-15-;. The molecule has 1 aliphatic heterocycles. The van der Waals surface area contributed by atoms with Crippen LogP contribution in [0.2, 0.25) is 0 Å². The topological polar surface area (TPSA) is 101 Å². The predicted octanol–water partition coefficient (Wildman–Crippen LogP) is 3.20. The fourth-order valence-electron chi connectivity index (χ4n) is 3.06. The van der Waals surface area contributed by atoms with E-state index in [0.717, 1.165) is 5.57 Å². The van der Waals surface area contributed by atoms with E-state index in [-0.39, 0.29) is 22.0 Å². The van der Waals surface area contributed by atoms with Crippen LogP contribution in [0.5, 0.6) is 0 Å². The first-order valence-corrected chi connectivity index (χ1v) is 12.0. The number of aromatic nitrogens is 2. The number of ether oxygens (including phenoxy) is 1. The van der Waals surface area contributed by atoms with Crippen LogP contribution in [0.4, 0.5) is 0 Å². The first-order valence-electron chi connectivity index (χ1n) is 10.5. The molecule has 0 spiro atoms. The number of morpholine rings is 1. The summed E-state index contributed by atoms with van der Waals surface area (Å²) in [6, 6.07) is 4.76. The Labute approximate surface area is 189 Å². The summed E-state index contributed by atoms with van der Waals surface area (Å²) < 4.78 is 34.1. The van der Waals surface area contributed by atoms with E-state index >= 15 is 0 Å². The zero-order chi connectivity index (χ0) is 23.6. The summed E-state index contributed by atoms with van der Waals surface area (Å²) in [6.45, 7) is 9.53. The molecule has 1 amide bonds. The van der Waals surface area contributed by atoms with Gasteiger partial charge in [0, 0.05) is 31.6 Å². The third-order valence-corrected chi connectivity index (χ3v) is 5.83. The molecule has 1 N–H and O–H groups in total. The number of fused-ring (bicyclic) bond motifs is 1. The second-order valence-corrected chi connectivity index (χ2v) is 8.36. The summed E-state index contributed by atoms with van der Waals surface area (Å²) in [4.78, 5) is 22.6. The maximum absolute atomic E-state index is 13.1. The van der Waals surface area contributed by atoms with Crippen molar-refractivity contribution in [1.82, 2.24) is 19.6 Å². The van der Waals surface area contributed by atoms with Crippen LogP contribution < -0.4 is 4.72 Å². The number of allylic oxidation sites excluding steroid dienone is 4. The summed E-state index contributed by atoms with van der Waals surface area (Å²) in [5.74, 6) is -0.279. The van der Waals surface area contributed by atoms with Gasteiger partial charge in [-0.1, -0.05) is 32.1 Å². The fraction of sp³-hybridized carbons (Fsp3) is 0.348. The zero-order valence-corrected chi connectivity index (χ0v) is 19.7. The van der Waals surface area contributed by atoms with E-state index in [2.05, 4.69) is 14.7 Å². The van der Waals surface area contributed by atoms with Crippen molar-refractivity contribution >= 4 is 27.0 Å². The summed E-state index contributed by atoms with van der Waals surface area (Å²) in [7, 11) is -4.01. The Morgan fingerprint density at radius 3 is 2.50 bits per heavy atom. The van der Waals surface area contributed by atoms with Gasteiger partial charge in [-0.2, -0.15) is 0 Å². The van der Waals surface area contributed by atoms with Crippen LogP contribution in [0.15, 0.2) is 71.1 Å². The number of nitrogens with one attached hydrogen (secondary N) is 1. The van der Waals surface area contributed by atoms with Crippen molar-refractivity contribution in [2.45, 2.75) is 32.6 Å². The molecule has 172 valence electrons. The average Bonchev–Trinajstić information content (AvgIpc) is 2.80. The van der Waals surface area contributed by atoms with Gasteiger partial charge in [-0.05, 0) is 37.6 Å². The number of rotatable bonds is 6.